The number of rotatable bonds is 4. The third-order valence-corrected chi connectivity index (χ3v) is 5.28. The topological polar surface area (TPSA) is 99.6 Å². The number of carbonyl (C=O) groups is 1. The lowest BCUT2D eigenvalue weighted by Gasteiger charge is -2.29. The summed E-state index contributed by atoms with van der Waals surface area (Å²) in [4.78, 5) is 14.7. The first-order chi connectivity index (χ1) is 9.81. The average Bonchev–Trinajstić information content (AvgIpc) is 2.43. The monoisotopic (exact) mass is 333 g/mol. The van der Waals surface area contributed by atoms with E-state index in [0.29, 0.717) is 18.4 Å². The fraction of sp³-hybridized carbons (Fsp3) is 0.500. The number of hydrogen-bond donors (Lipinski definition) is 2. The molecule has 2 N–H and O–H groups in total. The Labute approximate surface area is 128 Å². The highest BCUT2D eigenvalue weighted by molar-refractivity contribution is 7.90. The van der Waals surface area contributed by atoms with Gasteiger partial charge in [0.15, 0.2) is 5.15 Å². The first kappa shape index (κ1) is 16.0. The van der Waals surface area contributed by atoms with E-state index < -0.39 is 22.1 Å². The van der Waals surface area contributed by atoms with E-state index in [0.717, 1.165) is 0 Å². The van der Waals surface area contributed by atoms with Crippen LogP contribution in [0.1, 0.15) is 18.4 Å². The summed E-state index contributed by atoms with van der Waals surface area (Å²) < 4.78 is 28.3. The third-order valence-electron chi connectivity index (χ3n) is 3.49. The molecule has 0 radical (unpaired) electrons. The molecule has 1 saturated heterocycles. The van der Waals surface area contributed by atoms with Gasteiger partial charge in [-0.15, -0.1) is 0 Å². The minimum atomic E-state index is -3.76. The second-order valence-electron chi connectivity index (χ2n) is 4.91. The zero-order chi connectivity index (χ0) is 15.6. The number of aryl methyl sites for hydroxylation is 1. The van der Waals surface area contributed by atoms with Crippen molar-refractivity contribution in [1.82, 2.24) is 9.29 Å². The normalized spacial score (nSPS) is 17.6. The molecule has 1 aromatic rings. The van der Waals surface area contributed by atoms with Crippen molar-refractivity contribution in [1.29, 1.82) is 0 Å². The molecule has 0 unspecified atom stereocenters. The van der Waals surface area contributed by atoms with Gasteiger partial charge in [-0.25, -0.2) is 4.98 Å². The molecule has 0 amide bonds. The number of piperidine rings is 1. The summed E-state index contributed by atoms with van der Waals surface area (Å²) in [5.74, 6) is -1.37. The van der Waals surface area contributed by atoms with E-state index in [2.05, 4.69) is 9.71 Å². The number of pyridine rings is 1. The van der Waals surface area contributed by atoms with E-state index in [-0.39, 0.29) is 23.9 Å². The number of hydrogen-bond acceptors (Lipinski definition) is 4. The van der Waals surface area contributed by atoms with Crippen molar-refractivity contribution < 1.29 is 18.3 Å². The molecule has 0 aliphatic carbocycles. The SMILES string of the molecule is Cc1ccnc(Cl)c1NS(=O)(=O)N1CCC(C(=O)O)CC1. The van der Waals surface area contributed by atoms with Crippen molar-refractivity contribution in [2.24, 2.45) is 5.92 Å². The summed E-state index contributed by atoms with van der Waals surface area (Å²) in [7, 11) is -3.76. The number of nitrogens with one attached hydrogen (secondary N) is 1. The zero-order valence-corrected chi connectivity index (χ0v) is 13.0. The summed E-state index contributed by atoms with van der Waals surface area (Å²) in [5, 5.41) is 9.01. The molecule has 0 saturated carbocycles. The molecule has 1 aliphatic heterocycles. The van der Waals surface area contributed by atoms with Crippen molar-refractivity contribution in [3.63, 3.8) is 0 Å². The second kappa shape index (κ2) is 6.17. The van der Waals surface area contributed by atoms with Crippen molar-refractivity contribution >= 4 is 33.5 Å². The Kier molecular flexibility index (Phi) is 4.70. The number of carboxylic acid groups (broad SMARTS) is 1. The lowest BCUT2D eigenvalue weighted by molar-refractivity contribution is -0.142. The standard InChI is InChI=1S/C12H16ClN3O4S/c1-8-2-5-14-11(13)10(8)15-21(19,20)16-6-3-9(4-7-16)12(17)18/h2,5,9,15H,3-4,6-7H2,1H3,(H,17,18). The predicted octanol–water partition coefficient (Wildman–Crippen LogP) is 1.50. The van der Waals surface area contributed by atoms with Gasteiger partial charge in [-0.3, -0.25) is 9.52 Å². The number of anilines is 1. The Hall–Kier alpha value is -1.38. The van der Waals surface area contributed by atoms with Crippen LogP contribution in [0.15, 0.2) is 12.3 Å². The van der Waals surface area contributed by atoms with Crippen LogP contribution in [0.3, 0.4) is 0 Å². The molecule has 0 aromatic carbocycles. The van der Waals surface area contributed by atoms with Gasteiger partial charge in [-0.05, 0) is 31.4 Å². The molecule has 0 spiro atoms. The van der Waals surface area contributed by atoms with Crippen LogP contribution in [0, 0.1) is 12.8 Å². The van der Waals surface area contributed by atoms with Crippen LogP contribution in [0.4, 0.5) is 5.69 Å². The summed E-state index contributed by atoms with van der Waals surface area (Å²) >= 11 is 5.90. The Balaban J connectivity index is 2.11. The van der Waals surface area contributed by atoms with Gasteiger partial charge in [0, 0.05) is 19.3 Å². The molecule has 0 atom stereocenters. The van der Waals surface area contributed by atoms with Crippen LogP contribution in [0.25, 0.3) is 0 Å². The van der Waals surface area contributed by atoms with Crippen LogP contribution >= 0.6 is 11.6 Å². The van der Waals surface area contributed by atoms with E-state index >= 15 is 0 Å². The highest BCUT2D eigenvalue weighted by Crippen LogP contribution is 2.26. The molecule has 1 aliphatic rings. The molecule has 9 heteroatoms. The van der Waals surface area contributed by atoms with Crippen LogP contribution in [0.5, 0.6) is 0 Å². The van der Waals surface area contributed by atoms with E-state index in [9.17, 15) is 13.2 Å². The number of halogens is 1. The number of carboxylic acids is 1. The molecule has 21 heavy (non-hydrogen) atoms. The molecule has 7 nitrogen and oxygen atoms in total. The van der Waals surface area contributed by atoms with Gasteiger partial charge in [-0.2, -0.15) is 12.7 Å². The Morgan fingerprint density at radius 2 is 2.10 bits per heavy atom. The van der Waals surface area contributed by atoms with Gasteiger partial charge in [0.25, 0.3) is 0 Å². The molecule has 2 heterocycles. The Morgan fingerprint density at radius 1 is 1.48 bits per heavy atom. The molecule has 1 fully saturated rings. The fourth-order valence-electron chi connectivity index (χ4n) is 2.18. The van der Waals surface area contributed by atoms with Gasteiger partial charge in [0.05, 0.1) is 11.6 Å². The first-order valence-corrected chi connectivity index (χ1v) is 8.25. The zero-order valence-electron chi connectivity index (χ0n) is 11.4. The lowest BCUT2D eigenvalue weighted by Crippen LogP contribution is -2.43. The first-order valence-electron chi connectivity index (χ1n) is 6.43. The molecular formula is C12H16ClN3O4S. The summed E-state index contributed by atoms with van der Waals surface area (Å²) in [6.45, 7) is 2.06. The highest BCUT2D eigenvalue weighted by atomic mass is 35.5. The van der Waals surface area contributed by atoms with Crippen molar-refractivity contribution in [3.05, 3.63) is 23.0 Å². The van der Waals surface area contributed by atoms with Crippen LogP contribution in [0.2, 0.25) is 5.15 Å². The quantitative estimate of drug-likeness (QED) is 0.813. The minimum Gasteiger partial charge on any atom is -0.481 e. The molecule has 2 rings (SSSR count). The second-order valence-corrected chi connectivity index (χ2v) is 6.94. The molecular weight excluding hydrogens is 318 g/mol. The van der Waals surface area contributed by atoms with Gasteiger partial charge in [0.2, 0.25) is 0 Å². The average molecular weight is 334 g/mol. The van der Waals surface area contributed by atoms with E-state index in [1.165, 1.54) is 10.5 Å². The Morgan fingerprint density at radius 3 is 2.62 bits per heavy atom. The smallest absolute Gasteiger partial charge is 0.306 e. The maximum absolute atomic E-state index is 12.3. The molecule has 0 bridgehead atoms. The van der Waals surface area contributed by atoms with Crippen molar-refractivity contribution in [2.75, 3.05) is 17.8 Å². The fourth-order valence-corrected chi connectivity index (χ4v) is 3.83. The molecule has 1 aromatic heterocycles. The van der Waals surface area contributed by atoms with E-state index in [1.54, 1.807) is 13.0 Å². The minimum absolute atomic E-state index is 0.0824. The van der Waals surface area contributed by atoms with Crippen molar-refractivity contribution in [3.8, 4) is 0 Å². The van der Waals surface area contributed by atoms with E-state index in [4.69, 9.17) is 16.7 Å². The number of aromatic nitrogens is 1. The summed E-state index contributed by atoms with van der Waals surface area (Å²) in [5.41, 5.74) is 0.915. The highest BCUT2D eigenvalue weighted by Gasteiger charge is 2.31. The van der Waals surface area contributed by atoms with E-state index in [1.807, 2.05) is 0 Å². The largest absolute Gasteiger partial charge is 0.481 e. The van der Waals surface area contributed by atoms with Gasteiger partial charge in [-0.1, -0.05) is 11.6 Å². The number of aliphatic carboxylic acids is 1. The maximum atomic E-state index is 12.3. The molecule has 116 valence electrons. The Bertz CT molecular complexity index is 622. The number of nitrogens with zero attached hydrogens (tertiary/aromatic N) is 2. The summed E-state index contributed by atoms with van der Waals surface area (Å²) in [6.07, 6.45) is 2.10. The van der Waals surface area contributed by atoms with Crippen LogP contribution < -0.4 is 4.72 Å². The predicted molar refractivity (Wildman–Crippen MR) is 78.5 cm³/mol. The van der Waals surface area contributed by atoms with Crippen molar-refractivity contribution in [2.45, 2.75) is 19.8 Å². The summed E-state index contributed by atoms with van der Waals surface area (Å²) in [6, 6.07) is 1.65. The maximum Gasteiger partial charge on any atom is 0.306 e. The van der Waals surface area contributed by atoms with Gasteiger partial charge in [0.1, 0.15) is 0 Å². The third kappa shape index (κ3) is 3.63. The lowest BCUT2D eigenvalue weighted by atomic mass is 9.99. The van der Waals surface area contributed by atoms with Gasteiger partial charge < -0.3 is 5.11 Å². The van der Waals surface area contributed by atoms with Crippen LogP contribution in [-0.4, -0.2) is 41.9 Å². The van der Waals surface area contributed by atoms with Gasteiger partial charge >= 0.3 is 16.2 Å². The van der Waals surface area contributed by atoms with Crippen LogP contribution in [-0.2, 0) is 15.0 Å².